The minimum absolute atomic E-state index is 0.0145. The third-order valence-electron chi connectivity index (χ3n) is 1.72. The standard InChI is InChI=1S/C9H12N2O3/c1-3-5-14-8(4-2)11-7(12)6-10-9(11)13/h3-4,8H,1-2,5-6H2,(H,10,13). The van der Waals surface area contributed by atoms with Crippen molar-refractivity contribution in [3.05, 3.63) is 25.3 Å². The van der Waals surface area contributed by atoms with E-state index in [0.717, 1.165) is 4.90 Å². The van der Waals surface area contributed by atoms with Gasteiger partial charge in [0.25, 0.3) is 5.91 Å². The quantitative estimate of drug-likeness (QED) is 0.506. The maximum atomic E-state index is 11.2. The number of amides is 3. The first-order chi connectivity index (χ1) is 6.70. The van der Waals surface area contributed by atoms with Crippen LogP contribution in [0.4, 0.5) is 4.79 Å². The van der Waals surface area contributed by atoms with Gasteiger partial charge in [0.15, 0.2) is 6.23 Å². The second-order valence-electron chi connectivity index (χ2n) is 2.67. The smallest absolute Gasteiger partial charge is 0.327 e. The van der Waals surface area contributed by atoms with E-state index >= 15 is 0 Å². The van der Waals surface area contributed by atoms with Gasteiger partial charge in [-0.3, -0.25) is 4.79 Å². The van der Waals surface area contributed by atoms with Gasteiger partial charge in [-0.25, -0.2) is 9.69 Å². The Morgan fingerprint density at radius 3 is 2.71 bits per heavy atom. The third-order valence-corrected chi connectivity index (χ3v) is 1.72. The topological polar surface area (TPSA) is 58.6 Å². The summed E-state index contributed by atoms with van der Waals surface area (Å²) in [7, 11) is 0. The van der Waals surface area contributed by atoms with E-state index in [0.29, 0.717) is 0 Å². The van der Waals surface area contributed by atoms with Crippen molar-refractivity contribution in [1.82, 2.24) is 10.2 Å². The molecular formula is C9H12N2O3. The van der Waals surface area contributed by atoms with E-state index in [1.807, 2.05) is 0 Å². The molecule has 1 fully saturated rings. The van der Waals surface area contributed by atoms with Gasteiger partial charge in [0.05, 0.1) is 13.2 Å². The molecule has 14 heavy (non-hydrogen) atoms. The maximum Gasteiger partial charge on any atom is 0.327 e. The second-order valence-corrected chi connectivity index (χ2v) is 2.67. The maximum absolute atomic E-state index is 11.2. The molecule has 1 unspecified atom stereocenters. The lowest BCUT2D eigenvalue weighted by Crippen LogP contribution is -2.41. The lowest BCUT2D eigenvalue weighted by molar-refractivity contribution is -0.131. The number of imide groups is 1. The van der Waals surface area contributed by atoms with Gasteiger partial charge in [0.2, 0.25) is 0 Å². The summed E-state index contributed by atoms with van der Waals surface area (Å²) in [5, 5.41) is 2.39. The molecule has 1 N–H and O–H groups in total. The molecule has 1 aliphatic rings. The van der Waals surface area contributed by atoms with Crippen molar-refractivity contribution in [3.63, 3.8) is 0 Å². The normalized spacial score (nSPS) is 17.9. The number of rotatable bonds is 5. The molecule has 0 aromatic rings. The average molecular weight is 196 g/mol. The predicted molar refractivity (Wildman–Crippen MR) is 50.4 cm³/mol. The summed E-state index contributed by atoms with van der Waals surface area (Å²) in [5.74, 6) is -0.316. The van der Waals surface area contributed by atoms with E-state index in [1.54, 1.807) is 0 Å². The first kappa shape index (κ1) is 10.5. The molecule has 0 aromatic heterocycles. The van der Waals surface area contributed by atoms with Gasteiger partial charge in [-0.15, -0.1) is 6.58 Å². The predicted octanol–water partition coefficient (Wildman–Crippen LogP) is 0.253. The van der Waals surface area contributed by atoms with Gasteiger partial charge in [-0.2, -0.15) is 0 Å². The van der Waals surface area contributed by atoms with Crippen LogP contribution >= 0.6 is 0 Å². The van der Waals surface area contributed by atoms with Crippen LogP contribution in [-0.4, -0.2) is 36.2 Å². The largest absolute Gasteiger partial charge is 0.350 e. The van der Waals surface area contributed by atoms with E-state index < -0.39 is 12.3 Å². The molecule has 0 radical (unpaired) electrons. The Labute approximate surface area is 82.0 Å². The summed E-state index contributed by atoms with van der Waals surface area (Å²) in [5.41, 5.74) is 0. The van der Waals surface area contributed by atoms with Crippen molar-refractivity contribution in [2.75, 3.05) is 13.2 Å². The van der Waals surface area contributed by atoms with Crippen molar-refractivity contribution < 1.29 is 14.3 Å². The summed E-state index contributed by atoms with van der Waals surface area (Å²) < 4.78 is 5.17. The van der Waals surface area contributed by atoms with Gasteiger partial charge >= 0.3 is 6.03 Å². The van der Waals surface area contributed by atoms with Gasteiger partial charge in [0.1, 0.15) is 0 Å². The SMILES string of the molecule is C=CCOC(C=C)N1C(=O)CNC1=O. The highest BCUT2D eigenvalue weighted by Crippen LogP contribution is 2.08. The van der Waals surface area contributed by atoms with Crippen LogP contribution in [0.3, 0.4) is 0 Å². The van der Waals surface area contributed by atoms with E-state index in [9.17, 15) is 9.59 Å². The van der Waals surface area contributed by atoms with Crippen molar-refractivity contribution >= 4 is 11.9 Å². The fourth-order valence-corrected chi connectivity index (χ4v) is 1.11. The zero-order chi connectivity index (χ0) is 10.6. The van der Waals surface area contributed by atoms with Gasteiger partial charge < -0.3 is 10.1 Å². The summed E-state index contributed by atoms with van der Waals surface area (Å²) in [4.78, 5) is 23.4. The molecular weight excluding hydrogens is 184 g/mol. The second kappa shape index (κ2) is 4.57. The molecule has 0 spiro atoms. The van der Waals surface area contributed by atoms with Crippen LogP contribution in [0.5, 0.6) is 0 Å². The Bertz CT molecular complexity index is 259. The Kier molecular flexibility index (Phi) is 3.41. The fraction of sp³-hybridized carbons (Fsp3) is 0.333. The van der Waals surface area contributed by atoms with E-state index in [4.69, 9.17) is 4.74 Å². The Morgan fingerprint density at radius 1 is 1.57 bits per heavy atom. The van der Waals surface area contributed by atoms with Gasteiger partial charge in [-0.05, 0) is 6.08 Å². The number of urea groups is 1. The summed E-state index contributed by atoms with van der Waals surface area (Å²) in [6, 6.07) is -0.455. The molecule has 0 aromatic carbocycles. The van der Waals surface area contributed by atoms with Crippen molar-refractivity contribution in [2.45, 2.75) is 6.23 Å². The van der Waals surface area contributed by atoms with Crippen LogP contribution in [0.2, 0.25) is 0 Å². The molecule has 5 heteroatoms. The molecule has 1 atom stereocenters. The number of hydrogen-bond donors (Lipinski definition) is 1. The van der Waals surface area contributed by atoms with Crippen LogP contribution in [0.25, 0.3) is 0 Å². The van der Waals surface area contributed by atoms with Crippen LogP contribution < -0.4 is 5.32 Å². The van der Waals surface area contributed by atoms with Gasteiger partial charge in [0, 0.05) is 0 Å². The molecule has 5 nitrogen and oxygen atoms in total. The highest BCUT2D eigenvalue weighted by molar-refractivity contribution is 6.02. The zero-order valence-electron chi connectivity index (χ0n) is 7.73. The number of carbonyl (C=O) groups excluding carboxylic acids is 2. The number of nitrogens with zero attached hydrogens (tertiary/aromatic N) is 1. The molecule has 0 saturated carbocycles. The number of nitrogens with one attached hydrogen (secondary N) is 1. The Morgan fingerprint density at radius 2 is 2.29 bits per heavy atom. The molecule has 3 amide bonds. The molecule has 1 saturated heterocycles. The zero-order valence-corrected chi connectivity index (χ0v) is 7.73. The highest BCUT2D eigenvalue weighted by Gasteiger charge is 2.33. The minimum atomic E-state index is -0.719. The molecule has 0 bridgehead atoms. The first-order valence-corrected chi connectivity index (χ1v) is 4.15. The summed E-state index contributed by atoms with van der Waals surface area (Å²) in [6.07, 6.45) is 2.21. The Balaban J connectivity index is 2.67. The molecule has 0 aliphatic carbocycles. The average Bonchev–Trinajstić information content (AvgIpc) is 2.50. The van der Waals surface area contributed by atoms with Crippen molar-refractivity contribution in [3.8, 4) is 0 Å². The lowest BCUT2D eigenvalue weighted by atomic mass is 10.4. The van der Waals surface area contributed by atoms with Crippen LogP contribution in [0, 0.1) is 0 Å². The minimum Gasteiger partial charge on any atom is -0.350 e. The first-order valence-electron chi connectivity index (χ1n) is 4.15. The number of ether oxygens (including phenoxy) is 1. The van der Waals surface area contributed by atoms with Crippen LogP contribution in [0.15, 0.2) is 25.3 Å². The molecule has 76 valence electrons. The van der Waals surface area contributed by atoms with E-state index in [-0.39, 0.29) is 19.1 Å². The van der Waals surface area contributed by atoms with E-state index in [1.165, 1.54) is 12.2 Å². The highest BCUT2D eigenvalue weighted by atomic mass is 16.5. The lowest BCUT2D eigenvalue weighted by Gasteiger charge is -2.21. The number of hydrogen-bond acceptors (Lipinski definition) is 3. The summed E-state index contributed by atoms with van der Waals surface area (Å²) in [6.45, 7) is 7.23. The molecule has 1 aliphatic heterocycles. The van der Waals surface area contributed by atoms with Gasteiger partial charge in [-0.1, -0.05) is 12.7 Å². The van der Waals surface area contributed by atoms with Crippen molar-refractivity contribution in [2.24, 2.45) is 0 Å². The van der Waals surface area contributed by atoms with Crippen molar-refractivity contribution in [1.29, 1.82) is 0 Å². The monoisotopic (exact) mass is 196 g/mol. The van der Waals surface area contributed by atoms with Crippen LogP contribution in [0.1, 0.15) is 0 Å². The fourth-order valence-electron chi connectivity index (χ4n) is 1.11. The Hall–Kier alpha value is -1.62. The van der Waals surface area contributed by atoms with E-state index in [2.05, 4.69) is 18.5 Å². The molecule has 1 heterocycles. The number of carbonyl (C=O) groups is 2. The molecule has 1 rings (SSSR count). The third kappa shape index (κ3) is 2.00. The summed E-state index contributed by atoms with van der Waals surface area (Å²) >= 11 is 0. The van der Waals surface area contributed by atoms with Crippen LogP contribution in [-0.2, 0) is 9.53 Å².